The zero-order valence-electron chi connectivity index (χ0n) is 14.7. The molecule has 1 fully saturated rings. The van der Waals surface area contributed by atoms with Crippen molar-refractivity contribution in [1.82, 2.24) is 25.2 Å². The average molecular weight is 323 g/mol. The molecule has 2 rings (SSSR count). The summed E-state index contributed by atoms with van der Waals surface area (Å²) in [6, 6.07) is 0. The summed E-state index contributed by atoms with van der Waals surface area (Å²) in [5.41, 5.74) is 1.45. The van der Waals surface area contributed by atoms with Crippen LogP contribution in [-0.2, 0) is 22.6 Å². The van der Waals surface area contributed by atoms with Crippen LogP contribution in [0.4, 0.5) is 0 Å². The van der Waals surface area contributed by atoms with Gasteiger partial charge in [0.05, 0.1) is 12.2 Å². The fourth-order valence-corrected chi connectivity index (χ4v) is 2.61. The van der Waals surface area contributed by atoms with E-state index in [4.69, 9.17) is 4.74 Å². The highest BCUT2D eigenvalue weighted by molar-refractivity contribution is 5.80. The summed E-state index contributed by atoms with van der Waals surface area (Å²) in [5, 5.41) is 11.2. The number of piperidine rings is 1. The minimum absolute atomic E-state index is 0.108. The van der Waals surface area contributed by atoms with E-state index in [0.717, 1.165) is 25.3 Å². The third kappa shape index (κ3) is 5.58. The second kappa shape index (κ2) is 7.88. The largest absolute Gasteiger partial charge is 0.372 e. The van der Waals surface area contributed by atoms with Crippen molar-refractivity contribution in [3.8, 4) is 0 Å². The molecule has 1 aliphatic heterocycles. The molecule has 1 amide bonds. The summed E-state index contributed by atoms with van der Waals surface area (Å²) in [4.78, 5) is 14.0. The first-order valence-corrected chi connectivity index (χ1v) is 8.31. The van der Waals surface area contributed by atoms with Crippen molar-refractivity contribution >= 4 is 5.91 Å². The molecule has 1 aliphatic rings. The maximum absolute atomic E-state index is 11.6. The maximum Gasteiger partial charge on any atom is 0.248 e. The summed E-state index contributed by atoms with van der Waals surface area (Å²) in [6.45, 7) is 10.6. The van der Waals surface area contributed by atoms with Crippen LogP contribution in [0.25, 0.3) is 0 Å². The van der Waals surface area contributed by atoms with E-state index in [9.17, 15) is 4.79 Å². The van der Waals surface area contributed by atoms with Gasteiger partial charge in [0.1, 0.15) is 6.10 Å². The molecule has 23 heavy (non-hydrogen) atoms. The lowest BCUT2D eigenvalue weighted by Gasteiger charge is -2.36. The predicted octanol–water partition coefficient (Wildman–Crippen LogP) is 1.05. The van der Waals surface area contributed by atoms with Crippen molar-refractivity contribution in [2.24, 2.45) is 5.41 Å². The fourth-order valence-electron chi connectivity index (χ4n) is 2.61. The third-order valence-corrected chi connectivity index (χ3v) is 4.54. The number of methoxy groups -OCH3 is 1. The number of ether oxygens (including phenoxy) is 1. The van der Waals surface area contributed by atoms with E-state index in [2.05, 4.69) is 34.4 Å². The fraction of sp³-hybridized carbons (Fsp3) is 0.812. The van der Waals surface area contributed by atoms with Crippen LogP contribution < -0.4 is 5.32 Å². The van der Waals surface area contributed by atoms with Crippen LogP contribution in [-0.4, -0.2) is 58.6 Å². The lowest BCUT2D eigenvalue weighted by molar-refractivity contribution is -0.130. The van der Waals surface area contributed by atoms with E-state index in [-0.39, 0.29) is 5.91 Å². The monoisotopic (exact) mass is 323 g/mol. The lowest BCUT2D eigenvalue weighted by Crippen LogP contribution is -2.36. The Hall–Kier alpha value is -1.47. The smallest absolute Gasteiger partial charge is 0.248 e. The average Bonchev–Trinajstić information content (AvgIpc) is 2.96. The van der Waals surface area contributed by atoms with Crippen molar-refractivity contribution in [3.63, 3.8) is 0 Å². The molecule has 1 aromatic rings. The Bertz CT molecular complexity index is 504. The van der Waals surface area contributed by atoms with Crippen molar-refractivity contribution in [2.75, 3.05) is 26.7 Å². The Kier molecular flexibility index (Phi) is 6.12. The van der Waals surface area contributed by atoms with Gasteiger partial charge in [0.25, 0.3) is 0 Å². The first-order chi connectivity index (χ1) is 10.9. The number of amides is 1. The first-order valence-electron chi connectivity index (χ1n) is 8.31. The van der Waals surface area contributed by atoms with E-state index in [1.54, 1.807) is 11.6 Å². The van der Waals surface area contributed by atoms with Crippen LogP contribution in [0, 0.1) is 5.41 Å². The molecule has 0 aromatic carbocycles. The summed E-state index contributed by atoms with van der Waals surface area (Å²) < 4.78 is 6.74. The van der Waals surface area contributed by atoms with Gasteiger partial charge in [-0.1, -0.05) is 19.1 Å². The number of hydrogen-bond donors (Lipinski definition) is 1. The van der Waals surface area contributed by atoms with Crippen LogP contribution >= 0.6 is 0 Å². The van der Waals surface area contributed by atoms with Gasteiger partial charge in [0, 0.05) is 26.4 Å². The minimum Gasteiger partial charge on any atom is -0.372 e. The van der Waals surface area contributed by atoms with Crippen LogP contribution in [0.3, 0.4) is 0 Å². The molecule has 1 atom stereocenters. The zero-order chi connectivity index (χ0) is 16.9. The normalized spacial score (nSPS) is 19.5. The number of aromatic nitrogens is 3. The van der Waals surface area contributed by atoms with Crippen LogP contribution in [0.5, 0.6) is 0 Å². The molecule has 1 aromatic heterocycles. The van der Waals surface area contributed by atoms with Crippen molar-refractivity contribution in [2.45, 2.75) is 52.8 Å². The highest BCUT2D eigenvalue weighted by Gasteiger charge is 2.25. The Morgan fingerprint density at radius 3 is 2.78 bits per heavy atom. The Morgan fingerprint density at radius 1 is 1.43 bits per heavy atom. The van der Waals surface area contributed by atoms with Gasteiger partial charge in [0.2, 0.25) is 5.91 Å². The molecule has 0 saturated carbocycles. The first kappa shape index (κ1) is 17.9. The second-order valence-electron chi connectivity index (χ2n) is 7.08. The quantitative estimate of drug-likeness (QED) is 0.812. The van der Waals surface area contributed by atoms with Gasteiger partial charge in [-0.15, -0.1) is 5.10 Å². The number of rotatable bonds is 7. The summed E-state index contributed by atoms with van der Waals surface area (Å²) in [6.07, 6.45) is 3.99. The molecule has 130 valence electrons. The van der Waals surface area contributed by atoms with E-state index in [0.29, 0.717) is 18.5 Å². The molecule has 0 radical (unpaired) electrons. The van der Waals surface area contributed by atoms with E-state index >= 15 is 0 Å². The van der Waals surface area contributed by atoms with E-state index in [1.807, 2.05) is 6.20 Å². The Labute approximate surface area is 138 Å². The topological polar surface area (TPSA) is 72.3 Å². The molecule has 0 spiro atoms. The van der Waals surface area contributed by atoms with Gasteiger partial charge in [-0.25, -0.2) is 0 Å². The molecule has 1 saturated heterocycles. The summed E-state index contributed by atoms with van der Waals surface area (Å²) >= 11 is 0. The molecule has 7 nitrogen and oxygen atoms in total. The van der Waals surface area contributed by atoms with Gasteiger partial charge in [-0.3, -0.25) is 14.4 Å². The highest BCUT2D eigenvalue weighted by Crippen LogP contribution is 2.30. The second-order valence-corrected chi connectivity index (χ2v) is 7.08. The number of carbonyl (C=O) groups excluding carboxylic acids is 1. The minimum atomic E-state index is -0.426. The van der Waals surface area contributed by atoms with Gasteiger partial charge in [-0.05, 0) is 38.3 Å². The van der Waals surface area contributed by atoms with Gasteiger partial charge in [0.15, 0.2) is 0 Å². The molecule has 0 bridgehead atoms. The van der Waals surface area contributed by atoms with Gasteiger partial charge in [-0.2, -0.15) is 0 Å². The van der Waals surface area contributed by atoms with Crippen LogP contribution in [0.1, 0.15) is 39.3 Å². The highest BCUT2D eigenvalue weighted by atomic mass is 16.5. The standard InChI is InChI=1S/C16H29N5O2/c1-13(23-4)15(22)17-7-10-21-12-14(18-19-21)11-20-8-5-16(2,3)6-9-20/h12-13H,5-11H2,1-4H3,(H,17,22). The van der Waals surface area contributed by atoms with Crippen molar-refractivity contribution in [3.05, 3.63) is 11.9 Å². The Morgan fingerprint density at radius 2 is 2.13 bits per heavy atom. The summed E-state index contributed by atoms with van der Waals surface area (Å²) in [5.74, 6) is -0.108. The molecular weight excluding hydrogens is 294 g/mol. The lowest BCUT2D eigenvalue weighted by atomic mass is 9.83. The number of carbonyl (C=O) groups is 1. The van der Waals surface area contributed by atoms with Gasteiger partial charge < -0.3 is 10.1 Å². The molecular formula is C16H29N5O2. The molecule has 1 N–H and O–H groups in total. The maximum atomic E-state index is 11.6. The van der Waals surface area contributed by atoms with E-state index in [1.165, 1.54) is 20.0 Å². The van der Waals surface area contributed by atoms with Crippen LogP contribution in [0.2, 0.25) is 0 Å². The van der Waals surface area contributed by atoms with Crippen LogP contribution in [0.15, 0.2) is 6.20 Å². The SMILES string of the molecule is COC(C)C(=O)NCCn1cc(CN2CCC(C)(C)CC2)nn1. The third-order valence-electron chi connectivity index (χ3n) is 4.54. The van der Waals surface area contributed by atoms with Crippen molar-refractivity contribution in [1.29, 1.82) is 0 Å². The Balaban J connectivity index is 1.72. The zero-order valence-corrected chi connectivity index (χ0v) is 14.7. The molecule has 2 heterocycles. The number of nitrogens with zero attached hydrogens (tertiary/aromatic N) is 4. The summed E-state index contributed by atoms with van der Waals surface area (Å²) in [7, 11) is 1.52. The number of likely N-dealkylation sites (tertiary alicyclic amines) is 1. The van der Waals surface area contributed by atoms with E-state index < -0.39 is 6.10 Å². The van der Waals surface area contributed by atoms with Gasteiger partial charge >= 0.3 is 0 Å². The number of hydrogen-bond acceptors (Lipinski definition) is 5. The van der Waals surface area contributed by atoms with Crippen molar-refractivity contribution < 1.29 is 9.53 Å². The molecule has 7 heteroatoms. The molecule has 1 unspecified atom stereocenters. The molecule has 0 aliphatic carbocycles. The number of nitrogens with one attached hydrogen (secondary N) is 1. The predicted molar refractivity (Wildman–Crippen MR) is 87.8 cm³/mol.